The SMILES string of the molecule is Fc1ccc(C2N=CNC2c2ccncc2)cc1. The number of rotatable bonds is 2. The normalized spacial score (nSPS) is 21.8. The summed E-state index contributed by atoms with van der Waals surface area (Å²) < 4.78 is 12.9. The van der Waals surface area contributed by atoms with Crippen LogP contribution in [0.25, 0.3) is 0 Å². The second-order valence-electron chi connectivity index (χ2n) is 4.20. The molecule has 18 heavy (non-hydrogen) atoms. The first-order valence-corrected chi connectivity index (χ1v) is 5.78. The van der Waals surface area contributed by atoms with Gasteiger partial charge in [0, 0.05) is 12.4 Å². The monoisotopic (exact) mass is 241 g/mol. The lowest BCUT2D eigenvalue weighted by molar-refractivity contribution is 0.569. The molecular formula is C14H12FN3. The van der Waals surface area contributed by atoms with Crippen molar-refractivity contribution in [2.45, 2.75) is 12.1 Å². The Bertz CT molecular complexity index is 551. The van der Waals surface area contributed by atoms with Crippen LogP contribution in [0.3, 0.4) is 0 Å². The Morgan fingerprint density at radius 2 is 1.67 bits per heavy atom. The highest BCUT2D eigenvalue weighted by Gasteiger charge is 2.26. The van der Waals surface area contributed by atoms with Gasteiger partial charge in [0.25, 0.3) is 0 Å². The van der Waals surface area contributed by atoms with Crippen molar-refractivity contribution >= 4 is 6.34 Å². The zero-order valence-corrected chi connectivity index (χ0v) is 9.62. The summed E-state index contributed by atoms with van der Waals surface area (Å²) in [5.41, 5.74) is 2.12. The fourth-order valence-corrected chi connectivity index (χ4v) is 2.17. The molecule has 0 bridgehead atoms. The lowest BCUT2D eigenvalue weighted by Crippen LogP contribution is -2.18. The number of pyridine rings is 1. The van der Waals surface area contributed by atoms with Gasteiger partial charge in [-0.3, -0.25) is 9.98 Å². The molecule has 3 nitrogen and oxygen atoms in total. The molecule has 0 amide bonds. The van der Waals surface area contributed by atoms with Crippen molar-refractivity contribution < 1.29 is 4.39 Å². The molecule has 0 saturated heterocycles. The Morgan fingerprint density at radius 3 is 2.39 bits per heavy atom. The Morgan fingerprint density at radius 1 is 0.944 bits per heavy atom. The maximum absolute atomic E-state index is 12.9. The van der Waals surface area contributed by atoms with Crippen molar-refractivity contribution in [3.63, 3.8) is 0 Å². The third-order valence-electron chi connectivity index (χ3n) is 3.08. The van der Waals surface area contributed by atoms with E-state index in [-0.39, 0.29) is 17.9 Å². The number of aromatic nitrogens is 1. The molecule has 1 aliphatic rings. The molecule has 0 aliphatic carbocycles. The number of nitrogens with one attached hydrogen (secondary N) is 1. The number of hydrogen-bond donors (Lipinski definition) is 1. The number of benzene rings is 1. The zero-order chi connectivity index (χ0) is 12.4. The summed E-state index contributed by atoms with van der Waals surface area (Å²) in [5, 5.41) is 3.22. The fraction of sp³-hybridized carbons (Fsp3) is 0.143. The molecule has 90 valence electrons. The van der Waals surface area contributed by atoms with E-state index in [1.807, 2.05) is 12.1 Å². The van der Waals surface area contributed by atoms with E-state index in [0.717, 1.165) is 11.1 Å². The quantitative estimate of drug-likeness (QED) is 0.877. The molecule has 0 spiro atoms. The smallest absolute Gasteiger partial charge is 0.123 e. The zero-order valence-electron chi connectivity index (χ0n) is 9.62. The summed E-state index contributed by atoms with van der Waals surface area (Å²) >= 11 is 0. The highest BCUT2D eigenvalue weighted by molar-refractivity contribution is 5.60. The molecule has 4 heteroatoms. The first kappa shape index (κ1) is 10.9. The summed E-state index contributed by atoms with van der Waals surface area (Å²) in [5.74, 6) is -0.228. The van der Waals surface area contributed by atoms with Gasteiger partial charge in [-0.05, 0) is 35.4 Å². The van der Waals surface area contributed by atoms with Crippen LogP contribution in [0.15, 0.2) is 53.8 Å². The summed E-state index contributed by atoms with van der Waals surface area (Å²) in [7, 11) is 0. The molecular weight excluding hydrogens is 229 g/mol. The lowest BCUT2D eigenvalue weighted by Gasteiger charge is -2.19. The predicted molar refractivity (Wildman–Crippen MR) is 67.7 cm³/mol. The van der Waals surface area contributed by atoms with Crippen molar-refractivity contribution in [1.29, 1.82) is 0 Å². The molecule has 0 saturated carbocycles. The van der Waals surface area contributed by atoms with E-state index in [1.54, 1.807) is 30.9 Å². The maximum atomic E-state index is 12.9. The molecule has 2 unspecified atom stereocenters. The highest BCUT2D eigenvalue weighted by Crippen LogP contribution is 2.34. The van der Waals surface area contributed by atoms with Gasteiger partial charge >= 0.3 is 0 Å². The van der Waals surface area contributed by atoms with Crippen molar-refractivity contribution in [1.82, 2.24) is 10.3 Å². The maximum Gasteiger partial charge on any atom is 0.123 e. The van der Waals surface area contributed by atoms with Gasteiger partial charge in [-0.15, -0.1) is 0 Å². The van der Waals surface area contributed by atoms with E-state index in [1.165, 1.54) is 12.1 Å². The van der Waals surface area contributed by atoms with Crippen LogP contribution >= 0.6 is 0 Å². The molecule has 1 N–H and O–H groups in total. The third-order valence-corrected chi connectivity index (χ3v) is 3.08. The highest BCUT2D eigenvalue weighted by atomic mass is 19.1. The Balaban J connectivity index is 1.91. The topological polar surface area (TPSA) is 37.3 Å². The summed E-state index contributed by atoms with van der Waals surface area (Å²) in [4.78, 5) is 8.42. The van der Waals surface area contributed by atoms with Crippen LogP contribution < -0.4 is 5.32 Å². The number of aliphatic imine (C=N–C) groups is 1. The van der Waals surface area contributed by atoms with E-state index >= 15 is 0 Å². The number of hydrogen-bond acceptors (Lipinski definition) is 3. The number of halogens is 1. The van der Waals surface area contributed by atoms with E-state index in [9.17, 15) is 4.39 Å². The number of nitrogens with zero attached hydrogens (tertiary/aromatic N) is 2. The van der Waals surface area contributed by atoms with Gasteiger partial charge < -0.3 is 5.32 Å². The first-order chi connectivity index (χ1) is 8.84. The molecule has 2 heterocycles. The minimum Gasteiger partial charge on any atom is -0.367 e. The summed E-state index contributed by atoms with van der Waals surface area (Å²) in [6.45, 7) is 0. The molecule has 2 aromatic rings. The van der Waals surface area contributed by atoms with Crippen LogP contribution in [0.4, 0.5) is 4.39 Å². The molecule has 0 fully saturated rings. The second kappa shape index (κ2) is 4.56. The average Bonchev–Trinajstić information content (AvgIpc) is 2.90. The minimum absolute atomic E-state index is 0.0204. The van der Waals surface area contributed by atoms with Crippen LogP contribution in [0.5, 0.6) is 0 Å². The Kier molecular flexibility index (Phi) is 2.76. The summed E-state index contributed by atoms with van der Waals surface area (Å²) in [6, 6.07) is 10.5. The van der Waals surface area contributed by atoms with E-state index in [2.05, 4.69) is 15.3 Å². The standard InChI is InChI=1S/C14H12FN3/c15-12-3-1-10(2-4-12)13-14(18-9-17-13)11-5-7-16-8-6-11/h1-9,13-14H,(H,17,18). The molecule has 1 aromatic heterocycles. The van der Waals surface area contributed by atoms with E-state index in [4.69, 9.17) is 0 Å². The van der Waals surface area contributed by atoms with Crippen LogP contribution in [-0.2, 0) is 0 Å². The molecule has 2 atom stereocenters. The first-order valence-electron chi connectivity index (χ1n) is 5.78. The Labute approximate surface area is 104 Å². The van der Waals surface area contributed by atoms with E-state index < -0.39 is 0 Å². The van der Waals surface area contributed by atoms with Crippen molar-refractivity contribution in [3.8, 4) is 0 Å². The van der Waals surface area contributed by atoms with Crippen molar-refractivity contribution in [3.05, 3.63) is 65.7 Å². The average molecular weight is 241 g/mol. The van der Waals surface area contributed by atoms with Gasteiger partial charge in [-0.1, -0.05) is 12.1 Å². The third kappa shape index (κ3) is 1.97. The molecule has 1 aromatic carbocycles. The molecule has 1 aliphatic heterocycles. The van der Waals surface area contributed by atoms with Crippen LogP contribution in [0.2, 0.25) is 0 Å². The van der Waals surface area contributed by atoms with E-state index in [0.29, 0.717) is 0 Å². The largest absolute Gasteiger partial charge is 0.367 e. The van der Waals surface area contributed by atoms with Gasteiger partial charge in [-0.2, -0.15) is 0 Å². The van der Waals surface area contributed by atoms with Crippen LogP contribution in [0.1, 0.15) is 23.2 Å². The van der Waals surface area contributed by atoms with Gasteiger partial charge in [0.05, 0.1) is 12.4 Å². The van der Waals surface area contributed by atoms with Gasteiger partial charge in [-0.25, -0.2) is 4.39 Å². The fourth-order valence-electron chi connectivity index (χ4n) is 2.17. The van der Waals surface area contributed by atoms with Crippen LogP contribution in [0, 0.1) is 5.82 Å². The lowest BCUT2D eigenvalue weighted by atomic mass is 9.95. The molecule has 3 rings (SSSR count). The van der Waals surface area contributed by atoms with Gasteiger partial charge in [0.15, 0.2) is 0 Å². The van der Waals surface area contributed by atoms with Gasteiger partial charge in [0.2, 0.25) is 0 Å². The molecule has 0 radical (unpaired) electrons. The van der Waals surface area contributed by atoms with Gasteiger partial charge in [0.1, 0.15) is 11.9 Å². The second-order valence-corrected chi connectivity index (χ2v) is 4.20. The van der Waals surface area contributed by atoms with Crippen molar-refractivity contribution in [2.75, 3.05) is 0 Å². The Hall–Kier alpha value is -2.23. The minimum atomic E-state index is -0.228. The van der Waals surface area contributed by atoms with Crippen LogP contribution in [-0.4, -0.2) is 11.3 Å². The predicted octanol–water partition coefficient (Wildman–Crippen LogP) is 2.63. The van der Waals surface area contributed by atoms with Crippen molar-refractivity contribution in [2.24, 2.45) is 4.99 Å². The summed E-state index contributed by atoms with van der Waals surface area (Å²) in [6.07, 6.45) is 5.23.